The molecule has 2 rings (SSSR count). The molecule has 0 heterocycles. The molecule has 0 radical (unpaired) electrons. The van der Waals surface area contributed by atoms with Crippen molar-refractivity contribution in [2.75, 3.05) is 6.61 Å². The van der Waals surface area contributed by atoms with Crippen LogP contribution in [0.5, 0.6) is 0 Å². The second-order valence-corrected chi connectivity index (χ2v) is 7.50. The predicted molar refractivity (Wildman–Crippen MR) is 72.2 cm³/mol. The van der Waals surface area contributed by atoms with Crippen LogP contribution in [-0.2, 0) is 13.8 Å². The van der Waals surface area contributed by atoms with Crippen LogP contribution in [0.1, 0.15) is 28.8 Å². The lowest BCUT2D eigenvalue weighted by Gasteiger charge is -2.08. The molecule has 4 nitrogen and oxygen atoms in total. The summed E-state index contributed by atoms with van der Waals surface area (Å²) < 4.78 is 27.9. The monoisotopic (exact) mass is 322 g/mol. The van der Waals surface area contributed by atoms with E-state index in [9.17, 15) is 13.2 Å². The molecule has 1 aliphatic rings. The standard InChI is InChI=1S/C12H12Cl2O4S/c1-7-10(13)4-9(5-11(7)19(14,16)17)12(15)18-6-8-2-3-8/h4-5,8H,2-3,6H2,1H3. The molecule has 0 bridgehead atoms. The van der Waals surface area contributed by atoms with E-state index in [4.69, 9.17) is 27.0 Å². The van der Waals surface area contributed by atoms with Gasteiger partial charge in [-0.3, -0.25) is 0 Å². The molecule has 0 aromatic heterocycles. The van der Waals surface area contributed by atoms with Gasteiger partial charge in [0, 0.05) is 15.7 Å². The van der Waals surface area contributed by atoms with E-state index in [1.54, 1.807) is 0 Å². The van der Waals surface area contributed by atoms with Crippen molar-refractivity contribution >= 4 is 37.3 Å². The van der Waals surface area contributed by atoms with Gasteiger partial charge in [-0.15, -0.1) is 0 Å². The predicted octanol–water partition coefficient (Wildman–Crippen LogP) is 3.14. The van der Waals surface area contributed by atoms with Crippen molar-refractivity contribution in [1.29, 1.82) is 0 Å². The highest BCUT2D eigenvalue weighted by Gasteiger charge is 2.24. The molecular formula is C12H12Cl2O4S. The highest BCUT2D eigenvalue weighted by molar-refractivity contribution is 8.13. The highest BCUT2D eigenvalue weighted by atomic mass is 35.7. The summed E-state index contributed by atoms with van der Waals surface area (Å²) in [5, 5.41) is 0.167. The Morgan fingerprint density at radius 2 is 2.05 bits per heavy atom. The fourth-order valence-corrected chi connectivity index (χ4v) is 3.09. The summed E-state index contributed by atoms with van der Waals surface area (Å²) in [5.41, 5.74) is 0.408. The number of halogens is 2. The second-order valence-electron chi connectivity index (χ2n) is 4.56. The molecule has 0 N–H and O–H groups in total. The van der Waals surface area contributed by atoms with Gasteiger partial charge in [-0.25, -0.2) is 13.2 Å². The maximum absolute atomic E-state index is 11.8. The summed E-state index contributed by atoms with van der Waals surface area (Å²) >= 11 is 5.91. The van der Waals surface area contributed by atoms with Crippen LogP contribution in [-0.4, -0.2) is 21.0 Å². The summed E-state index contributed by atoms with van der Waals surface area (Å²) in [5.74, 6) is -0.156. The Morgan fingerprint density at radius 3 is 2.58 bits per heavy atom. The van der Waals surface area contributed by atoms with Crippen LogP contribution in [0.25, 0.3) is 0 Å². The second kappa shape index (κ2) is 5.31. The van der Waals surface area contributed by atoms with Gasteiger partial charge >= 0.3 is 5.97 Å². The molecule has 0 saturated heterocycles. The first kappa shape index (κ1) is 14.6. The lowest BCUT2D eigenvalue weighted by atomic mass is 10.1. The van der Waals surface area contributed by atoms with Gasteiger partial charge in [0.25, 0.3) is 9.05 Å². The number of ether oxygens (including phenoxy) is 1. The number of hydrogen-bond acceptors (Lipinski definition) is 4. The molecule has 1 aromatic rings. The third kappa shape index (κ3) is 3.61. The van der Waals surface area contributed by atoms with E-state index in [-0.39, 0.29) is 15.5 Å². The molecular weight excluding hydrogens is 311 g/mol. The van der Waals surface area contributed by atoms with Gasteiger partial charge in [-0.2, -0.15) is 0 Å². The van der Waals surface area contributed by atoms with Crippen molar-refractivity contribution in [3.05, 3.63) is 28.3 Å². The third-order valence-corrected chi connectivity index (χ3v) is 4.78. The fourth-order valence-electron chi connectivity index (χ4n) is 1.59. The van der Waals surface area contributed by atoms with Crippen molar-refractivity contribution in [1.82, 2.24) is 0 Å². The summed E-state index contributed by atoms with van der Waals surface area (Å²) in [6.07, 6.45) is 2.12. The first-order chi connectivity index (χ1) is 8.79. The van der Waals surface area contributed by atoms with Crippen LogP contribution in [0.15, 0.2) is 17.0 Å². The van der Waals surface area contributed by atoms with Crippen molar-refractivity contribution in [2.45, 2.75) is 24.7 Å². The van der Waals surface area contributed by atoms with Crippen LogP contribution < -0.4 is 0 Å². The van der Waals surface area contributed by atoms with Crippen molar-refractivity contribution in [3.63, 3.8) is 0 Å². The molecule has 0 spiro atoms. The summed E-state index contributed by atoms with van der Waals surface area (Å²) in [7, 11) is 1.36. The molecule has 0 atom stereocenters. The summed E-state index contributed by atoms with van der Waals surface area (Å²) in [4.78, 5) is 11.6. The van der Waals surface area contributed by atoms with E-state index in [1.807, 2.05) is 0 Å². The van der Waals surface area contributed by atoms with Crippen LogP contribution >= 0.6 is 22.3 Å². The minimum absolute atomic E-state index is 0.0930. The lowest BCUT2D eigenvalue weighted by Crippen LogP contribution is -2.09. The Bertz CT molecular complexity index is 621. The molecule has 0 aliphatic heterocycles. The molecule has 7 heteroatoms. The van der Waals surface area contributed by atoms with E-state index in [0.717, 1.165) is 12.8 Å². The smallest absolute Gasteiger partial charge is 0.338 e. The zero-order chi connectivity index (χ0) is 14.2. The number of benzene rings is 1. The van der Waals surface area contributed by atoms with E-state index in [2.05, 4.69) is 0 Å². The third-order valence-electron chi connectivity index (χ3n) is 2.94. The minimum Gasteiger partial charge on any atom is -0.462 e. The normalized spacial score (nSPS) is 15.3. The van der Waals surface area contributed by atoms with Gasteiger partial charge in [0.15, 0.2) is 0 Å². The van der Waals surface area contributed by atoms with Crippen LogP contribution in [0.3, 0.4) is 0 Å². The first-order valence-electron chi connectivity index (χ1n) is 5.71. The number of rotatable bonds is 4. The van der Waals surface area contributed by atoms with Gasteiger partial charge in [-0.1, -0.05) is 11.6 Å². The van der Waals surface area contributed by atoms with Crippen molar-refractivity contribution < 1.29 is 17.9 Å². The molecule has 1 saturated carbocycles. The number of carbonyl (C=O) groups excluding carboxylic acids is 1. The molecule has 0 unspecified atom stereocenters. The molecule has 1 aliphatic carbocycles. The fraction of sp³-hybridized carbons (Fsp3) is 0.417. The van der Waals surface area contributed by atoms with Crippen LogP contribution in [0.2, 0.25) is 5.02 Å². The Morgan fingerprint density at radius 1 is 1.42 bits per heavy atom. The minimum atomic E-state index is -3.95. The van der Waals surface area contributed by atoms with Crippen LogP contribution in [0.4, 0.5) is 0 Å². The number of esters is 1. The van der Waals surface area contributed by atoms with Gasteiger partial charge in [0.2, 0.25) is 0 Å². The molecule has 104 valence electrons. The first-order valence-corrected chi connectivity index (χ1v) is 8.39. The SMILES string of the molecule is Cc1c(Cl)cc(C(=O)OCC2CC2)cc1S(=O)(=O)Cl. The van der Waals surface area contributed by atoms with Gasteiger partial charge in [-0.05, 0) is 43.4 Å². The highest BCUT2D eigenvalue weighted by Crippen LogP contribution is 2.30. The van der Waals surface area contributed by atoms with E-state index >= 15 is 0 Å². The Kier molecular flexibility index (Phi) is 4.08. The van der Waals surface area contributed by atoms with Gasteiger partial charge < -0.3 is 4.74 Å². The van der Waals surface area contributed by atoms with Crippen LogP contribution in [0, 0.1) is 12.8 Å². The number of hydrogen-bond donors (Lipinski definition) is 0. The van der Waals surface area contributed by atoms with E-state index < -0.39 is 15.0 Å². The lowest BCUT2D eigenvalue weighted by molar-refractivity contribution is 0.0486. The maximum atomic E-state index is 11.8. The largest absolute Gasteiger partial charge is 0.462 e. The van der Waals surface area contributed by atoms with Crippen molar-refractivity contribution in [3.8, 4) is 0 Å². The quantitative estimate of drug-likeness (QED) is 0.631. The molecule has 19 heavy (non-hydrogen) atoms. The van der Waals surface area contributed by atoms with Gasteiger partial charge in [0.1, 0.15) is 0 Å². The Balaban J connectivity index is 2.30. The average molecular weight is 323 g/mol. The average Bonchev–Trinajstić information content (AvgIpc) is 3.11. The zero-order valence-electron chi connectivity index (χ0n) is 10.2. The maximum Gasteiger partial charge on any atom is 0.338 e. The van der Waals surface area contributed by atoms with E-state index in [1.165, 1.54) is 19.1 Å². The Hall–Kier alpha value is -0.780. The van der Waals surface area contributed by atoms with Gasteiger partial charge in [0.05, 0.1) is 17.1 Å². The topological polar surface area (TPSA) is 60.4 Å². The molecule has 1 aromatic carbocycles. The summed E-state index contributed by atoms with van der Waals surface area (Å²) in [6.45, 7) is 1.88. The molecule has 1 fully saturated rings. The Labute approximate surface area is 121 Å². The molecule has 0 amide bonds. The summed E-state index contributed by atoms with van der Waals surface area (Å²) in [6, 6.07) is 2.58. The zero-order valence-corrected chi connectivity index (χ0v) is 12.5. The number of carbonyl (C=O) groups is 1. The van der Waals surface area contributed by atoms with Crippen molar-refractivity contribution in [2.24, 2.45) is 5.92 Å². The van der Waals surface area contributed by atoms with E-state index in [0.29, 0.717) is 18.1 Å².